The lowest BCUT2D eigenvalue weighted by Gasteiger charge is -2.13. The number of anilines is 1. The van der Waals surface area contributed by atoms with Crippen molar-refractivity contribution in [3.8, 4) is 11.8 Å². The zero-order valence-corrected chi connectivity index (χ0v) is 17.7. The molecule has 0 aliphatic carbocycles. The first-order valence-electron chi connectivity index (χ1n) is 9.64. The molecule has 0 unspecified atom stereocenters. The Kier molecular flexibility index (Phi) is 6.35. The number of nitriles is 1. The monoisotopic (exact) mass is 432 g/mol. The first-order chi connectivity index (χ1) is 15.3. The first-order valence-corrected chi connectivity index (χ1v) is 9.64. The van der Waals surface area contributed by atoms with E-state index in [9.17, 15) is 25.0 Å². The molecule has 3 rings (SSSR count). The number of aromatic nitrogens is 1. The third-order valence-corrected chi connectivity index (χ3v) is 5.07. The van der Waals surface area contributed by atoms with Crippen molar-refractivity contribution in [2.24, 2.45) is 0 Å². The minimum absolute atomic E-state index is 0.236. The van der Waals surface area contributed by atoms with Gasteiger partial charge in [-0.3, -0.25) is 19.5 Å². The van der Waals surface area contributed by atoms with Crippen LogP contribution in [0.15, 0.2) is 48.5 Å². The van der Waals surface area contributed by atoms with Crippen LogP contribution in [-0.4, -0.2) is 28.0 Å². The number of nitrogens with zero attached hydrogens (tertiary/aromatic N) is 3. The number of nitrogens with one attached hydrogen (secondary N) is 1. The van der Waals surface area contributed by atoms with Gasteiger partial charge in [0.2, 0.25) is 0 Å². The average Bonchev–Trinajstić information content (AvgIpc) is 3.01. The Labute approximate surface area is 184 Å². The van der Waals surface area contributed by atoms with Crippen LogP contribution in [0, 0.1) is 42.2 Å². The van der Waals surface area contributed by atoms with Crippen LogP contribution in [0.4, 0.5) is 11.5 Å². The van der Waals surface area contributed by atoms with Gasteiger partial charge < -0.3 is 10.1 Å². The van der Waals surface area contributed by atoms with E-state index < -0.39 is 23.4 Å². The Morgan fingerprint density at radius 3 is 2.44 bits per heavy atom. The molecular weight excluding hydrogens is 412 g/mol. The summed E-state index contributed by atoms with van der Waals surface area (Å²) in [4.78, 5) is 35.6. The summed E-state index contributed by atoms with van der Waals surface area (Å²) in [5.74, 6) is -1.40. The minimum atomic E-state index is -0.984. The second kappa shape index (κ2) is 9.14. The van der Waals surface area contributed by atoms with E-state index in [0.717, 1.165) is 11.4 Å². The smallest absolute Gasteiger partial charge is 0.345 e. The third kappa shape index (κ3) is 4.20. The molecule has 32 heavy (non-hydrogen) atoms. The van der Waals surface area contributed by atoms with Gasteiger partial charge in [-0.25, -0.2) is 4.79 Å². The van der Waals surface area contributed by atoms with E-state index in [2.05, 4.69) is 11.4 Å². The van der Waals surface area contributed by atoms with Crippen LogP contribution in [0.2, 0.25) is 0 Å². The second-order valence-electron chi connectivity index (χ2n) is 7.07. The molecule has 0 fully saturated rings. The fourth-order valence-electron chi connectivity index (χ4n) is 3.40. The number of carbonyl (C=O) groups excluding carboxylic acids is 2. The molecule has 2 aromatic carbocycles. The van der Waals surface area contributed by atoms with Crippen LogP contribution in [0.5, 0.6) is 0 Å². The highest BCUT2D eigenvalue weighted by Gasteiger charge is 2.25. The number of amides is 1. The lowest BCUT2D eigenvalue weighted by Crippen LogP contribution is -2.23. The van der Waals surface area contributed by atoms with Crippen molar-refractivity contribution in [3.05, 3.63) is 86.6 Å². The van der Waals surface area contributed by atoms with Crippen LogP contribution in [0.3, 0.4) is 0 Å². The number of benzene rings is 2. The van der Waals surface area contributed by atoms with Gasteiger partial charge in [0.15, 0.2) is 6.61 Å². The molecule has 162 valence electrons. The summed E-state index contributed by atoms with van der Waals surface area (Å²) in [6.07, 6.45) is 0. The van der Waals surface area contributed by atoms with Crippen LogP contribution in [0.25, 0.3) is 5.69 Å². The highest BCUT2D eigenvalue weighted by atomic mass is 16.6. The summed E-state index contributed by atoms with van der Waals surface area (Å²) in [6, 6.07) is 15.6. The lowest BCUT2D eigenvalue weighted by atomic mass is 10.1. The molecular formula is C23H20N4O5. The number of hydrogen-bond acceptors (Lipinski definition) is 6. The van der Waals surface area contributed by atoms with Crippen molar-refractivity contribution in [1.82, 2.24) is 4.57 Å². The van der Waals surface area contributed by atoms with Crippen molar-refractivity contribution in [2.45, 2.75) is 20.8 Å². The van der Waals surface area contributed by atoms with Crippen molar-refractivity contribution in [2.75, 3.05) is 11.9 Å². The van der Waals surface area contributed by atoms with Crippen LogP contribution < -0.4 is 5.32 Å². The molecule has 0 saturated heterocycles. The third-order valence-electron chi connectivity index (χ3n) is 5.07. The zero-order valence-electron chi connectivity index (χ0n) is 17.7. The summed E-state index contributed by atoms with van der Waals surface area (Å²) in [5, 5.41) is 23.5. The van der Waals surface area contributed by atoms with Crippen molar-refractivity contribution < 1.29 is 19.2 Å². The summed E-state index contributed by atoms with van der Waals surface area (Å²) in [5.41, 5.74) is 2.22. The molecule has 0 spiro atoms. The van der Waals surface area contributed by atoms with E-state index in [1.165, 1.54) is 25.1 Å². The van der Waals surface area contributed by atoms with Crippen LogP contribution >= 0.6 is 0 Å². The highest BCUT2D eigenvalue weighted by molar-refractivity contribution is 5.98. The van der Waals surface area contributed by atoms with Gasteiger partial charge in [-0.05, 0) is 44.5 Å². The molecule has 0 aliphatic rings. The Bertz CT molecular complexity index is 1260. The van der Waals surface area contributed by atoms with E-state index in [0.29, 0.717) is 16.7 Å². The quantitative estimate of drug-likeness (QED) is 0.357. The molecule has 1 amide bonds. The molecule has 1 aromatic heterocycles. The fourth-order valence-corrected chi connectivity index (χ4v) is 3.40. The van der Waals surface area contributed by atoms with Crippen molar-refractivity contribution >= 4 is 23.4 Å². The van der Waals surface area contributed by atoms with Gasteiger partial charge >= 0.3 is 5.97 Å². The number of aryl methyl sites for hydroxylation is 1. The normalized spacial score (nSPS) is 10.3. The molecule has 0 aliphatic heterocycles. The maximum absolute atomic E-state index is 12.6. The number of ether oxygens (including phenoxy) is 1. The number of esters is 1. The van der Waals surface area contributed by atoms with Gasteiger partial charge in [0.25, 0.3) is 11.6 Å². The van der Waals surface area contributed by atoms with Crippen molar-refractivity contribution in [1.29, 1.82) is 5.26 Å². The summed E-state index contributed by atoms with van der Waals surface area (Å²) in [6.45, 7) is 4.44. The molecule has 9 heteroatoms. The highest BCUT2D eigenvalue weighted by Crippen LogP contribution is 2.30. The minimum Gasteiger partial charge on any atom is -0.452 e. The van der Waals surface area contributed by atoms with Gasteiger partial charge in [-0.1, -0.05) is 30.3 Å². The molecule has 0 saturated carbocycles. The Morgan fingerprint density at radius 1 is 1.12 bits per heavy atom. The second-order valence-corrected chi connectivity index (χ2v) is 7.07. The predicted octanol–water partition coefficient (Wildman–Crippen LogP) is 3.98. The van der Waals surface area contributed by atoms with Gasteiger partial charge in [0.05, 0.1) is 10.5 Å². The number of para-hydroxylation sites is 2. The predicted molar refractivity (Wildman–Crippen MR) is 117 cm³/mol. The molecule has 9 nitrogen and oxygen atoms in total. The molecule has 0 bridgehead atoms. The SMILES string of the molecule is Cc1cccc(C(=O)OCC(=O)Nc2c(C#N)c(C)c(C)n2-c2ccccc2)c1[N+](=O)[O-]. The molecule has 1 heterocycles. The average molecular weight is 432 g/mol. The summed E-state index contributed by atoms with van der Waals surface area (Å²) < 4.78 is 6.75. The largest absolute Gasteiger partial charge is 0.452 e. The lowest BCUT2D eigenvalue weighted by molar-refractivity contribution is -0.385. The van der Waals surface area contributed by atoms with Gasteiger partial charge in [0, 0.05) is 16.9 Å². The maximum atomic E-state index is 12.6. The maximum Gasteiger partial charge on any atom is 0.345 e. The molecule has 0 radical (unpaired) electrons. The number of nitro groups is 1. The fraction of sp³-hybridized carbons (Fsp3) is 0.174. The van der Waals surface area contributed by atoms with Gasteiger partial charge in [-0.2, -0.15) is 5.26 Å². The molecule has 1 N–H and O–H groups in total. The first kappa shape index (κ1) is 22.2. The topological polar surface area (TPSA) is 127 Å². The van der Waals surface area contributed by atoms with Crippen LogP contribution in [0.1, 0.15) is 32.7 Å². The number of carbonyl (C=O) groups is 2. The Balaban J connectivity index is 1.83. The Hall–Kier alpha value is -4.45. The van der Waals surface area contributed by atoms with Gasteiger partial charge in [-0.15, -0.1) is 0 Å². The molecule has 3 aromatic rings. The van der Waals surface area contributed by atoms with E-state index in [-0.39, 0.29) is 17.1 Å². The zero-order chi connectivity index (χ0) is 23.4. The standard InChI is InChI=1S/C23H20N4O5/c1-14-8-7-11-18(21(14)27(30)31)23(29)32-13-20(28)25-22-19(12-24)15(2)16(3)26(22)17-9-5-4-6-10-17/h4-11H,13H2,1-3H3,(H,25,28). The summed E-state index contributed by atoms with van der Waals surface area (Å²) >= 11 is 0. The van der Waals surface area contributed by atoms with E-state index >= 15 is 0 Å². The van der Waals surface area contributed by atoms with E-state index in [4.69, 9.17) is 4.74 Å². The van der Waals surface area contributed by atoms with Crippen molar-refractivity contribution in [3.63, 3.8) is 0 Å². The van der Waals surface area contributed by atoms with E-state index in [1.807, 2.05) is 37.3 Å². The molecule has 0 atom stereocenters. The Morgan fingerprint density at radius 2 is 1.81 bits per heavy atom. The van der Waals surface area contributed by atoms with Crippen LogP contribution in [-0.2, 0) is 9.53 Å². The number of nitro benzene ring substituents is 1. The van der Waals surface area contributed by atoms with E-state index in [1.54, 1.807) is 11.5 Å². The number of rotatable bonds is 6. The van der Waals surface area contributed by atoms with Gasteiger partial charge in [0.1, 0.15) is 17.5 Å². The summed E-state index contributed by atoms with van der Waals surface area (Å²) in [7, 11) is 0. The number of hydrogen-bond donors (Lipinski definition) is 1.